The van der Waals surface area contributed by atoms with Gasteiger partial charge in [-0.05, 0) is 30.6 Å². The second kappa shape index (κ2) is 5.79. The van der Waals surface area contributed by atoms with Crippen molar-refractivity contribution in [3.05, 3.63) is 39.4 Å². The zero-order valence-corrected chi connectivity index (χ0v) is 13.0. The number of para-hydroxylation sites is 1. The van der Waals surface area contributed by atoms with Crippen LogP contribution in [0.5, 0.6) is 0 Å². The number of carbonyl (C=O) groups excluding carboxylic acids is 1. The van der Waals surface area contributed by atoms with Crippen LogP contribution in [0.3, 0.4) is 0 Å². The highest BCUT2D eigenvalue weighted by molar-refractivity contribution is 7.16. The molecule has 110 valence electrons. The SMILES string of the molecule is C#CCn1c(=NC(=O)c2snnc2C)sc2cccc(F)c21. The normalized spacial score (nSPS) is 11.8. The van der Waals surface area contributed by atoms with Crippen LogP contribution in [0, 0.1) is 25.1 Å². The van der Waals surface area contributed by atoms with Gasteiger partial charge in [-0.2, -0.15) is 4.99 Å². The zero-order valence-electron chi connectivity index (χ0n) is 11.4. The molecule has 22 heavy (non-hydrogen) atoms. The number of terminal acetylenes is 1. The molecule has 0 atom stereocenters. The van der Waals surface area contributed by atoms with E-state index in [1.165, 1.54) is 22.0 Å². The smallest absolute Gasteiger partial charge is 0.293 e. The molecule has 3 aromatic rings. The van der Waals surface area contributed by atoms with Crippen LogP contribution < -0.4 is 4.80 Å². The molecule has 3 rings (SSSR count). The highest BCUT2D eigenvalue weighted by atomic mass is 32.1. The fraction of sp³-hybridized carbons (Fsp3) is 0.143. The molecule has 0 saturated heterocycles. The molecular weight excluding hydrogens is 323 g/mol. The monoisotopic (exact) mass is 332 g/mol. The molecular formula is C14H9FN4OS2. The summed E-state index contributed by atoms with van der Waals surface area (Å²) in [5, 5.41) is 3.79. The van der Waals surface area contributed by atoms with E-state index >= 15 is 0 Å². The summed E-state index contributed by atoms with van der Waals surface area (Å²) in [5.41, 5.74) is 0.880. The summed E-state index contributed by atoms with van der Waals surface area (Å²) in [7, 11) is 0. The minimum absolute atomic E-state index is 0.132. The third-order valence-corrected chi connectivity index (χ3v) is 4.80. The fourth-order valence-corrected chi connectivity index (χ4v) is 3.56. The number of aromatic nitrogens is 3. The molecule has 0 spiro atoms. The van der Waals surface area contributed by atoms with Crippen LogP contribution >= 0.6 is 22.9 Å². The molecule has 0 unspecified atom stereocenters. The summed E-state index contributed by atoms with van der Waals surface area (Å²) < 4.78 is 20.0. The number of amides is 1. The molecule has 2 heterocycles. The number of benzene rings is 1. The van der Waals surface area contributed by atoms with E-state index < -0.39 is 11.7 Å². The Hall–Kier alpha value is -2.37. The predicted octanol–water partition coefficient (Wildman–Crippen LogP) is 2.38. The van der Waals surface area contributed by atoms with E-state index in [1.807, 2.05) is 0 Å². The number of carbonyl (C=O) groups is 1. The minimum atomic E-state index is -0.453. The third-order valence-electron chi connectivity index (χ3n) is 2.94. The van der Waals surface area contributed by atoms with Crippen LogP contribution in [0.25, 0.3) is 10.2 Å². The van der Waals surface area contributed by atoms with Gasteiger partial charge in [0, 0.05) is 0 Å². The Morgan fingerprint density at radius 2 is 2.36 bits per heavy atom. The van der Waals surface area contributed by atoms with E-state index in [1.54, 1.807) is 19.1 Å². The number of thiazole rings is 1. The number of aryl methyl sites for hydroxylation is 1. The van der Waals surface area contributed by atoms with Crippen LogP contribution in [0.4, 0.5) is 4.39 Å². The molecule has 0 radical (unpaired) electrons. The first kappa shape index (κ1) is 14.6. The number of nitrogens with zero attached hydrogens (tertiary/aromatic N) is 4. The lowest BCUT2D eigenvalue weighted by atomic mass is 10.3. The van der Waals surface area contributed by atoms with Gasteiger partial charge in [0.15, 0.2) is 4.80 Å². The number of fused-ring (bicyclic) bond motifs is 1. The zero-order chi connectivity index (χ0) is 15.7. The van der Waals surface area contributed by atoms with Gasteiger partial charge in [-0.15, -0.1) is 11.5 Å². The van der Waals surface area contributed by atoms with E-state index in [9.17, 15) is 9.18 Å². The molecule has 0 N–H and O–H groups in total. The molecule has 1 amide bonds. The molecule has 8 heteroatoms. The van der Waals surface area contributed by atoms with E-state index in [0.29, 0.717) is 25.6 Å². The molecule has 2 aromatic heterocycles. The van der Waals surface area contributed by atoms with Crippen molar-refractivity contribution in [3.63, 3.8) is 0 Å². The summed E-state index contributed by atoms with van der Waals surface area (Å²) in [6.07, 6.45) is 5.35. The quantitative estimate of drug-likeness (QED) is 0.677. The highest BCUT2D eigenvalue weighted by Gasteiger charge is 2.15. The van der Waals surface area contributed by atoms with Gasteiger partial charge >= 0.3 is 0 Å². The van der Waals surface area contributed by atoms with Crippen molar-refractivity contribution >= 4 is 39.0 Å². The molecule has 0 aliphatic rings. The van der Waals surface area contributed by atoms with E-state index in [-0.39, 0.29) is 6.54 Å². The fourth-order valence-electron chi connectivity index (χ4n) is 1.98. The van der Waals surface area contributed by atoms with Crippen LogP contribution in [0.15, 0.2) is 23.2 Å². The van der Waals surface area contributed by atoms with Crippen LogP contribution in [-0.2, 0) is 6.54 Å². The van der Waals surface area contributed by atoms with Gasteiger partial charge < -0.3 is 4.57 Å². The second-order valence-electron chi connectivity index (χ2n) is 4.37. The Bertz CT molecular complexity index is 977. The highest BCUT2D eigenvalue weighted by Crippen LogP contribution is 2.20. The molecule has 1 aromatic carbocycles. The molecule has 5 nitrogen and oxygen atoms in total. The van der Waals surface area contributed by atoms with Crippen molar-refractivity contribution in [2.45, 2.75) is 13.5 Å². The maximum atomic E-state index is 14.0. The lowest BCUT2D eigenvalue weighted by molar-refractivity contribution is 0.100. The van der Waals surface area contributed by atoms with E-state index in [4.69, 9.17) is 6.42 Å². The van der Waals surface area contributed by atoms with Crippen molar-refractivity contribution < 1.29 is 9.18 Å². The second-order valence-corrected chi connectivity index (χ2v) is 6.13. The van der Waals surface area contributed by atoms with Gasteiger partial charge in [0.2, 0.25) is 0 Å². The Labute approximate surface area is 132 Å². The lowest BCUT2D eigenvalue weighted by Crippen LogP contribution is -2.17. The van der Waals surface area contributed by atoms with Crippen LogP contribution in [0.1, 0.15) is 15.4 Å². The first-order valence-corrected chi connectivity index (χ1v) is 7.80. The van der Waals surface area contributed by atoms with Gasteiger partial charge in [0.05, 0.1) is 22.5 Å². The van der Waals surface area contributed by atoms with Gasteiger partial charge in [-0.1, -0.05) is 27.8 Å². The van der Waals surface area contributed by atoms with Gasteiger partial charge in [-0.3, -0.25) is 4.79 Å². The van der Waals surface area contributed by atoms with Gasteiger partial charge in [0.1, 0.15) is 10.7 Å². The summed E-state index contributed by atoms with van der Waals surface area (Å²) in [5.74, 6) is 1.61. The first-order valence-electron chi connectivity index (χ1n) is 6.21. The maximum Gasteiger partial charge on any atom is 0.293 e. The first-order chi connectivity index (χ1) is 10.6. The minimum Gasteiger partial charge on any atom is -0.302 e. The molecule has 0 aliphatic heterocycles. The molecule has 0 bridgehead atoms. The standard InChI is InChI=1S/C14H9FN4OS2/c1-3-7-19-11-9(15)5-4-6-10(11)21-14(19)16-13(20)12-8(2)17-18-22-12/h1,4-6H,7H2,2H3. The van der Waals surface area contributed by atoms with Crippen LogP contribution in [-0.4, -0.2) is 20.1 Å². The topological polar surface area (TPSA) is 60.1 Å². The summed E-state index contributed by atoms with van der Waals surface area (Å²) in [6.45, 7) is 1.82. The average molecular weight is 332 g/mol. The van der Waals surface area contributed by atoms with Crippen molar-refractivity contribution in [2.24, 2.45) is 4.99 Å². The largest absolute Gasteiger partial charge is 0.302 e. The lowest BCUT2D eigenvalue weighted by Gasteiger charge is -2.00. The number of hydrogen-bond acceptors (Lipinski definition) is 5. The molecule has 0 aliphatic carbocycles. The Kier molecular flexibility index (Phi) is 3.83. The van der Waals surface area contributed by atoms with Crippen molar-refractivity contribution in [1.29, 1.82) is 0 Å². The third kappa shape index (κ3) is 2.45. The number of halogens is 1. The summed E-state index contributed by atoms with van der Waals surface area (Å²) in [4.78, 5) is 17.0. The maximum absolute atomic E-state index is 14.0. The Balaban J connectivity index is 2.23. The Morgan fingerprint density at radius 3 is 3.05 bits per heavy atom. The molecule has 0 fully saturated rings. The summed E-state index contributed by atoms with van der Waals surface area (Å²) in [6, 6.07) is 4.72. The van der Waals surface area contributed by atoms with Gasteiger partial charge in [-0.25, -0.2) is 4.39 Å². The number of rotatable bonds is 2. The van der Waals surface area contributed by atoms with E-state index in [0.717, 1.165) is 11.5 Å². The van der Waals surface area contributed by atoms with Crippen molar-refractivity contribution in [3.8, 4) is 12.3 Å². The predicted molar refractivity (Wildman–Crippen MR) is 83.1 cm³/mol. The van der Waals surface area contributed by atoms with Gasteiger partial charge in [0.25, 0.3) is 5.91 Å². The van der Waals surface area contributed by atoms with E-state index in [2.05, 4.69) is 20.5 Å². The number of hydrogen-bond donors (Lipinski definition) is 0. The summed E-state index contributed by atoms with van der Waals surface area (Å²) >= 11 is 2.20. The van der Waals surface area contributed by atoms with Crippen molar-refractivity contribution in [2.75, 3.05) is 0 Å². The molecule has 0 saturated carbocycles. The average Bonchev–Trinajstić information content (AvgIpc) is 3.05. The van der Waals surface area contributed by atoms with Crippen molar-refractivity contribution in [1.82, 2.24) is 14.2 Å². The van der Waals surface area contributed by atoms with Crippen LogP contribution in [0.2, 0.25) is 0 Å². The Morgan fingerprint density at radius 1 is 1.55 bits per heavy atom.